The quantitative estimate of drug-likeness (QED) is 0.712. The number of phenols is 2. The van der Waals surface area contributed by atoms with Crippen molar-refractivity contribution in [3.63, 3.8) is 0 Å². The Hall–Kier alpha value is -2.38. The molecule has 0 fully saturated rings. The lowest BCUT2D eigenvalue weighted by Gasteiger charge is -2.37. The summed E-state index contributed by atoms with van der Waals surface area (Å²) in [6.07, 6.45) is 0.474. The van der Waals surface area contributed by atoms with E-state index in [-0.39, 0.29) is 16.3 Å². The Balaban J connectivity index is 2.16. The van der Waals surface area contributed by atoms with Gasteiger partial charge in [-0.3, -0.25) is 0 Å². The standard InChI is InChI=1S/C19H17N2O4.Al/c1-20-19-9-11-7-13(22)15(24-2)8-12(11)16-17(19)10(4-5-21-19)6-14(23)18(16)25-3;/h1,4,6-8,21H,5,9H2,2-3H3,(H-,22,23);/p+1/t19-;/m0./s1. The highest BCUT2D eigenvalue weighted by Crippen LogP contribution is 2.55. The molecule has 26 heavy (non-hydrogen) atoms. The Morgan fingerprint density at radius 2 is 2.00 bits per heavy atom. The van der Waals surface area contributed by atoms with Gasteiger partial charge >= 0.3 is 5.66 Å². The van der Waals surface area contributed by atoms with E-state index in [0.29, 0.717) is 24.5 Å². The molecule has 4 rings (SSSR count). The van der Waals surface area contributed by atoms with Crippen LogP contribution < -0.4 is 14.8 Å². The minimum absolute atomic E-state index is 0.0425. The third-order valence-corrected chi connectivity index (χ3v) is 5.86. The summed E-state index contributed by atoms with van der Waals surface area (Å²) in [4.78, 5) is 4.19. The van der Waals surface area contributed by atoms with Gasteiger partial charge in [-0.1, -0.05) is 9.62 Å². The first-order valence-electron chi connectivity index (χ1n) is 8.23. The number of ether oxygens (including phenoxy) is 2. The number of aromatic hydroxyl groups is 2. The number of rotatable bonds is 2. The Labute approximate surface area is 159 Å². The molecule has 3 N–H and O–H groups in total. The van der Waals surface area contributed by atoms with Crippen molar-refractivity contribution >= 4 is 16.3 Å². The molecule has 0 spiro atoms. The minimum atomic E-state index is -0.841. The largest absolute Gasteiger partial charge is 0.504 e. The molecule has 1 heterocycles. The fourth-order valence-electron chi connectivity index (χ4n) is 4.09. The second-order valence-corrected chi connectivity index (χ2v) is 7.41. The van der Waals surface area contributed by atoms with Crippen LogP contribution in [0, 0.1) is 6.57 Å². The summed E-state index contributed by atoms with van der Waals surface area (Å²) in [7, 11) is 3.01. The third kappa shape index (κ3) is 2.14. The van der Waals surface area contributed by atoms with E-state index in [0.717, 1.165) is 27.8 Å². The van der Waals surface area contributed by atoms with Crippen molar-refractivity contribution in [3.05, 3.63) is 39.7 Å². The zero-order chi connectivity index (χ0) is 18.6. The van der Waals surface area contributed by atoms with E-state index < -0.39 is 5.66 Å². The van der Waals surface area contributed by atoms with E-state index in [9.17, 15) is 10.2 Å². The van der Waals surface area contributed by atoms with E-state index in [4.69, 9.17) is 16.0 Å². The molecular weight excluding hydrogens is 347 g/mol. The van der Waals surface area contributed by atoms with Gasteiger partial charge in [0.2, 0.25) is 0 Å². The van der Waals surface area contributed by atoms with E-state index in [2.05, 4.69) is 26.5 Å². The van der Waals surface area contributed by atoms with E-state index in [1.54, 1.807) is 18.2 Å². The molecule has 0 bridgehead atoms. The lowest BCUT2D eigenvalue weighted by molar-refractivity contribution is 0.352. The van der Waals surface area contributed by atoms with Crippen LogP contribution >= 0.6 is 0 Å². The summed E-state index contributed by atoms with van der Waals surface area (Å²) in [5, 5.41) is 24.2. The lowest BCUT2D eigenvalue weighted by Crippen LogP contribution is -2.50. The number of fused-ring (bicyclic) bond motifs is 2. The van der Waals surface area contributed by atoms with Gasteiger partial charge < -0.3 is 19.7 Å². The number of phenolic OH excluding ortho intramolecular Hbond substituents is 2. The second kappa shape index (κ2) is 5.82. The summed E-state index contributed by atoms with van der Waals surface area (Å²) < 4.78 is 10.9. The van der Waals surface area contributed by atoms with Crippen molar-refractivity contribution in [1.29, 1.82) is 0 Å². The topological polar surface area (TPSA) is 75.3 Å². The Morgan fingerprint density at radius 1 is 1.23 bits per heavy atom. The highest BCUT2D eigenvalue weighted by atomic mass is 27.0. The zero-order valence-corrected chi connectivity index (χ0v) is 15.7. The first kappa shape index (κ1) is 17.1. The lowest BCUT2D eigenvalue weighted by atomic mass is 9.73. The maximum absolute atomic E-state index is 10.6. The van der Waals surface area contributed by atoms with Gasteiger partial charge in [0.05, 0.1) is 26.2 Å². The van der Waals surface area contributed by atoms with Gasteiger partial charge in [0.1, 0.15) is 16.3 Å². The SMILES string of the molecule is C#[N+][C@]12Cc3cc(O)c(OC)cc3-c3c(OC)c(O)cc(c31)[CH]([Al])CN2. The summed E-state index contributed by atoms with van der Waals surface area (Å²) in [6, 6.07) is 5.13. The van der Waals surface area contributed by atoms with Crippen LogP contribution in [0.2, 0.25) is 0 Å². The van der Waals surface area contributed by atoms with Crippen molar-refractivity contribution < 1.29 is 19.7 Å². The number of methoxy groups -OCH3 is 2. The number of hydrogen-bond acceptors (Lipinski definition) is 5. The molecule has 6 nitrogen and oxygen atoms in total. The molecule has 2 atom stereocenters. The molecule has 1 unspecified atom stereocenters. The van der Waals surface area contributed by atoms with Crippen LogP contribution in [0.25, 0.3) is 16.0 Å². The number of nitrogens with zero attached hydrogens (tertiary/aromatic N) is 1. The molecule has 0 saturated heterocycles. The zero-order valence-electron chi connectivity index (χ0n) is 14.5. The summed E-state index contributed by atoms with van der Waals surface area (Å²) in [6.45, 7) is 6.50. The van der Waals surface area contributed by atoms with Crippen molar-refractivity contribution in [2.24, 2.45) is 0 Å². The molecule has 0 aromatic heterocycles. The molecule has 2 aromatic carbocycles. The van der Waals surface area contributed by atoms with Crippen LogP contribution in [0.15, 0.2) is 18.2 Å². The molecule has 0 saturated carbocycles. The third-order valence-electron chi connectivity index (χ3n) is 5.26. The highest BCUT2D eigenvalue weighted by Gasteiger charge is 2.54. The minimum Gasteiger partial charge on any atom is -0.504 e. The molecule has 130 valence electrons. The van der Waals surface area contributed by atoms with E-state index in [1.165, 1.54) is 14.2 Å². The maximum atomic E-state index is 10.6. The van der Waals surface area contributed by atoms with Gasteiger partial charge in [0, 0.05) is 5.56 Å². The van der Waals surface area contributed by atoms with E-state index >= 15 is 0 Å². The first-order valence-corrected chi connectivity index (χ1v) is 8.89. The molecular formula is C19H18AlN2O4+. The predicted molar refractivity (Wildman–Crippen MR) is 98.5 cm³/mol. The van der Waals surface area contributed by atoms with Gasteiger partial charge in [-0.2, -0.15) is 0 Å². The smallest absolute Gasteiger partial charge is 0.365 e. The normalized spacial score (nSPS) is 22.7. The van der Waals surface area contributed by atoms with Gasteiger partial charge in [-0.15, -0.1) is 0 Å². The van der Waals surface area contributed by atoms with E-state index in [1.807, 2.05) is 0 Å². The fourth-order valence-corrected chi connectivity index (χ4v) is 4.47. The molecule has 2 radical (unpaired) electrons. The highest BCUT2D eigenvalue weighted by molar-refractivity contribution is 6.13. The monoisotopic (exact) mass is 365 g/mol. The van der Waals surface area contributed by atoms with Crippen molar-refractivity contribution in [3.8, 4) is 40.7 Å². The Bertz CT molecular complexity index is 969. The maximum Gasteiger partial charge on any atom is 0.365 e. The number of hydrogen-bond donors (Lipinski definition) is 3. The molecule has 1 aliphatic heterocycles. The van der Waals surface area contributed by atoms with Crippen LogP contribution in [-0.4, -0.2) is 47.3 Å². The van der Waals surface area contributed by atoms with Crippen LogP contribution in [0.3, 0.4) is 0 Å². The van der Waals surface area contributed by atoms with Gasteiger partial charge in [-0.05, 0) is 41.4 Å². The molecule has 0 amide bonds. The fraction of sp³-hybridized carbons (Fsp3) is 0.316. The summed E-state index contributed by atoms with van der Waals surface area (Å²) in [5.74, 6) is 0.806. The summed E-state index contributed by atoms with van der Waals surface area (Å²) in [5.41, 5.74) is 3.39. The average Bonchev–Trinajstić information content (AvgIpc) is 2.64. The Kier molecular flexibility index (Phi) is 3.82. The molecule has 2 aromatic rings. The van der Waals surface area contributed by atoms with Crippen LogP contribution in [0.5, 0.6) is 23.0 Å². The number of benzene rings is 2. The van der Waals surface area contributed by atoms with Crippen LogP contribution in [-0.2, 0) is 12.1 Å². The summed E-state index contributed by atoms with van der Waals surface area (Å²) >= 11 is 2.78. The van der Waals surface area contributed by atoms with Crippen LogP contribution in [0.4, 0.5) is 0 Å². The van der Waals surface area contributed by atoms with Gasteiger partial charge in [0.25, 0.3) is 6.57 Å². The number of nitrogens with one attached hydrogen (secondary N) is 1. The molecule has 7 heteroatoms. The van der Waals surface area contributed by atoms with Crippen molar-refractivity contribution in [2.75, 3.05) is 20.8 Å². The second-order valence-electron chi connectivity index (χ2n) is 6.60. The van der Waals surface area contributed by atoms with Gasteiger partial charge in [-0.25, -0.2) is 5.32 Å². The first-order chi connectivity index (χ1) is 12.5. The van der Waals surface area contributed by atoms with Crippen molar-refractivity contribution in [1.82, 2.24) is 5.32 Å². The Morgan fingerprint density at radius 3 is 2.65 bits per heavy atom. The van der Waals surface area contributed by atoms with Crippen LogP contribution in [0.1, 0.15) is 21.5 Å². The predicted octanol–water partition coefficient (Wildman–Crippen LogP) is 2.27. The molecule has 2 aliphatic rings. The molecule has 1 aliphatic carbocycles. The van der Waals surface area contributed by atoms with Crippen molar-refractivity contribution in [2.45, 2.75) is 16.9 Å². The van der Waals surface area contributed by atoms with Gasteiger partial charge in [0.15, 0.2) is 23.0 Å². The average molecular weight is 365 g/mol.